The second-order valence-corrected chi connectivity index (χ2v) is 7.22. The van der Waals surface area contributed by atoms with Crippen molar-refractivity contribution in [1.29, 1.82) is 0 Å². The standard InChI is InChI=1S/C18H32N4O/c1-15-18(16(2)22(19-15)11-12-23)14-21-10-6-7-17(21)13-20-8-4-3-5-9-20/h17,23H,3-14H2,1-2H3. The van der Waals surface area contributed by atoms with Gasteiger partial charge >= 0.3 is 0 Å². The van der Waals surface area contributed by atoms with Crippen molar-refractivity contribution in [3.8, 4) is 0 Å². The Morgan fingerprint density at radius 2 is 1.87 bits per heavy atom. The molecule has 23 heavy (non-hydrogen) atoms. The Kier molecular flexibility index (Phi) is 5.72. The topological polar surface area (TPSA) is 44.5 Å². The zero-order valence-electron chi connectivity index (χ0n) is 14.8. The average Bonchev–Trinajstić information content (AvgIpc) is 3.09. The van der Waals surface area contributed by atoms with Crippen LogP contribution in [0.2, 0.25) is 0 Å². The summed E-state index contributed by atoms with van der Waals surface area (Å²) in [6, 6.07) is 0.702. The minimum absolute atomic E-state index is 0.155. The highest BCUT2D eigenvalue weighted by Gasteiger charge is 2.28. The first-order chi connectivity index (χ1) is 11.2. The number of hydrogen-bond donors (Lipinski definition) is 1. The highest BCUT2D eigenvalue weighted by atomic mass is 16.3. The van der Waals surface area contributed by atoms with E-state index in [2.05, 4.69) is 28.7 Å². The van der Waals surface area contributed by atoms with Crippen molar-refractivity contribution in [2.24, 2.45) is 0 Å². The molecule has 1 N–H and O–H groups in total. The highest BCUT2D eigenvalue weighted by molar-refractivity contribution is 5.24. The van der Waals surface area contributed by atoms with E-state index >= 15 is 0 Å². The molecule has 0 aliphatic carbocycles. The number of aromatic nitrogens is 2. The van der Waals surface area contributed by atoms with Gasteiger partial charge in [-0.1, -0.05) is 6.42 Å². The molecule has 5 heteroatoms. The highest BCUT2D eigenvalue weighted by Crippen LogP contribution is 2.24. The fourth-order valence-electron chi connectivity index (χ4n) is 4.23. The van der Waals surface area contributed by atoms with Crippen molar-refractivity contribution in [2.75, 3.05) is 32.8 Å². The van der Waals surface area contributed by atoms with Crippen molar-refractivity contribution >= 4 is 0 Å². The van der Waals surface area contributed by atoms with E-state index in [1.165, 1.54) is 69.5 Å². The number of likely N-dealkylation sites (tertiary alicyclic amines) is 2. The molecular weight excluding hydrogens is 288 g/mol. The summed E-state index contributed by atoms with van der Waals surface area (Å²) >= 11 is 0. The minimum atomic E-state index is 0.155. The lowest BCUT2D eigenvalue weighted by Crippen LogP contribution is -2.42. The first kappa shape index (κ1) is 16.9. The van der Waals surface area contributed by atoms with Crippen LogP contribution in [-0.2, 0) is 13.1 Å². The molecule has 0 amide bonds. The zero-order valence-corrected chi connectivity index (χ0v) is 14.8. The van der Waals surface area contributed by atoms with Crippen molar-refractivity contribution in [1.82, 2.24) is 19.6 Å². The molecule has 0 spiro atoms. The first-order valence-electron chi connectivity index (χ1n) is 9.29. The SMILES string of the molecule is Cc1nn(CCO)c(C)c1CN1CCCC1CN1CCCCC1. The molecule has 0 saturated carbocycles. The fourth-order valence-corrected chi connectivity index (χ4v) is 4.23. The Labute approximate surface area is 140 Å². The lowest BCUT2D eigenvalue weighted by Gasteiger charge is -2.33. The molecule has 1 aromatic heterocycles. The van der Waals surface area contributed by atoms with Crippen LogP contribution in [0.1, 0.15) is 49.1 Å². The molecule has 3 rings (SSSR count). The van der Waals surface area contributed by atoms with Crippen LogP contribution in [0, 0.1) is 13.8 Å². The van der Waals surface area contributed by atoms with E-state index in [0.717, 1.165) is 12.2 Å². The molecule has 0 radical (unpaired) electrons. The average molecular weight is 320 g/mol. The zero-order chi connectivity index (χ0) is 16.2. The Morgan fingerprint density at radius 1 is 1.09 bits per heavy atom. The van der Waals surface area contributed by atoms with E-state index in [-0.39, 0.29) is 6.61 Å². The molecule has 0 bridgehead atoms. The Balaban J connectivity index is 1.64. The molecule has 1 atom stereocenters. The predicted molar refractivity (Wildman–Crippen MR) is 92.5 cm³/mol. The third-order valence-corrected chi connectivity index (χ3v) is 5.62. The molecule has 1 aromatic rings. The maximum absolute atomic E-state index is 9.18. The van der Waals surface area contributed by atoms with Gasteiger partial charge in [0.1, 0.15) is 0 Å². The van der Waals surface area contributed by atoms with Crippen molar-refractivity contribution < 1.29 is 5.11 Å². The van der Waals surface area contributed by atoms with Gasteiger partial charge < -0.3 is 10.0 Å². The third kappa shape index (κ3) is 3.95. The summed E-state index contributed by atoms with van der Waals surface area (Å²) in [4.78, 5) is 5.33. The number of aryl methyl sites for hydroxylation is 1. The Morgan fingerprint density at radius 3 is 2.61 bits per heavy atom. The van der Waals surface area contributed by atoms with E-state index in [0.29, 0.717) is 12.6 Å². The van der Waals surface area contributed by atoms with Gasteiger partial charge in [0.05, 0.1) is 18.8 Å². The monoisotopic (exact) mass is 320 g/mol. The van der Waals surface area contributed by atoms with Gasteiger partial charge in [0.2, 0.25) is 0 Å². The molecule has 0 aromatic carbocycles. The largest absolute Gasteiger partial charge is 0.394 e. The third-order valence-electron chi connectivity index (χ3n) is 5.62. The number of aliphatic hydroxyl groups excluding tert-OH is 1. The summed E-state index contributed by atoms with van der Waals surface area (Å²) in [5.74, 6) is 0. The summed E-state index contributed by atoms with van der Waals surface area (Å²) in [6.07, 6.45) is 6.81. The molecule has 2 saturated heterocycles. The Bertz CT molecular complexity index is 507. The molecule has 2 aliphatic rings. The van der Waals surface area contributed by atoms with Crippen LogP contribution < -0.4 is 0 Å². The van der Waals surface area contributed by atoms with Gasteiger partial charge in [-0.15, -0.1) is 0 Å². The summed E-state index contributed by atoms with van der Waals surface area (Å²) in [6.45, 7) is 11.0. The van der Waals surface area contributed by atoms with E-state index in [1.54, 1.807) is 0 Å². The lowest BCUT2D eigenvalue weighted by molar-refractivity contribution is 0.149. The second-order valence-electron chi connectivity index (χ2n) is 7.22. The van der Waals surface area contributed by atoms with Crippen molar-refractivity contribution in [2.45, 2.75) is 65.1 Å². The molecule has 2 fully saturated rings. The van der Waals surface area contributed by atoms with Crippen LogP contribution in [0.15, 0.2) is 0 Å². The predicted octanol–water partition coefficient (Wildman–Crippen LogP) is 1.94. The molecule has 1 unspecified atom stereocenters. The van der Waals surface area contributed by atoms with Crippen LogP contribution in [0.4, 0.5) is 0 Å². The smallest absolute Gasteiger partial charge is 0.0644 e. The Hall–Kier alpha value is -0.910. The van der Waals surface area contributed by atoms with E-state index in [9.17, 15) is 5.11 Å². The van der Waals surface area contributed by atoms with Gasteiger partial charge in [-0.25, -0.2) is 0 Å². The summed E-state index contributed by atoms with van der Waals surface area (Å²) in [5.41, 5.74) is 3.71. The summed E-state index contributed by atoms with van der Waals surface area (Å²) in [7, 11) is 0. The van der Waals surface area contributed by atoms with Gasteiger partial charge in [-0.2, -0.15) is 5.10 Å². The van der Waals surface area contributed by atoms with Crippen LogP contribution >= 0.6 is 0 Å². The minimum Gasteiger partial charge on any atom is -0.394 e. The molecule has 130 valence electrons. The quantitative estimate of drug-likeness (QED) is 0.870. The van der Waals surface area contributed by atoms with Crippen LogP contribution in [-0.4, -0.2) is 63.5 Å². The normalized spacial score (nSPS) is 23.7. The molecule has 5 nitrogen and oxygen atoms in total. The van der Waals surface area contributed by atoms with E-state index < -0.39 is 0 Å². The molecular formula is C18H32N4O. The van der Waals surface area contributed by atoms with Gasteiger partial charge in [0, 0.05) is 30.4 Å². The lowest BCUT2D eigenvalue weighted by atomic mass is 10.1. The van der Waals surface area contributed by atoms with Gasteiger partial charge in [-0.05, 0) is 59.2 Å². The number of hydrogen-bond acceptors (Lipinski definition) is 4. The maximum Gasteiger partial charge on any atom is 0.0644 e. The number of aliphatic hydroxyl groups is 1. The van der Waals surface area contributed by atoms with E-state index in [4.69, 9.17) is 0 Å². The molecule has 3 heterocycles. The van der Waals surface area contributed by atoms with Gasteiger partial charge in [0.15, 0.2) is 0 Å². The van der Waals surface area contributed by atoms with Crippen LogP contribution in [0.25, 0.3) is 0 Å². The second kappa shape index (κ2) is 7.77. The number of nitrogens with zero attached hydrogens (tertiary/aromatic N) is 4. The van der Waals surface area contributed by atoms with Crippen LogP contribution in [0.3, 0.4) is 0 Å². The molecule has 2 aliphatic heterocycles. The first-order valence-corrected chi connectivity index (χ1v) is 9.29. The van der Waals surface area contributed by atoms with E-state index in [1.807, 2.05) is 4.68 Å². The number of rotatable bonds is 6. The van der Waals surface area contributed by atoms with Gasteiger partial charge in [0.25, 0.3) is 0 Å². The maximum atomic E-state index is 9.18. The fraction of sp³-hybridized carbons (Fsp3) is 0.833. The summed E-state index contributed by atoms with van der Waals surface area (Å²) < 4.78 is 1.96. The number of piperidine rings is 1. The van der Waals surface area contributed by atoms with Crippen LogP contribution in [0.5, 0.6) is 0 Å². The summed E-state index contributed by atoms with van der Waals surface area (Å²) in [5, 5.41) is 13.8. The van der Waals surface area contributed by atoms with Crippen molar-refractivity contribution in [3.63, 3.8) is 0 Å². The van der Waals surface area contributed by atoms with Gasteiger partial charge in [-0.3, -0.25) is 9.58 Å². The van der Waals surface area contributed by atoms with Crippen molar-refractivity contribution in [3.05, 3.63) is 17.0 Å².